The third-order valence-corrected chi connectivity index (χ3v) is 2.01. The topological polar surface area (TPSA) is 33.1 Å². The predicted molar refractivity (Wildman–Crippen MR) is 44.6 cm³/mol. The van der Waals surface area contributed by atoms with E-state index < -0.39 is 30.1 Å². The van der Waals surface area contributed by atoms with E-state index >= 15 is 0 Å². The van der Waals surface area contributed by atoms with Gasteiger partial charge in [-0.15, -0.1) is 11.6 Å². The van der Waals surface area contributed by atoms with Gasteiger partial charge in [0, 0.05) is 17.3 Å². The van der Waals surface area contributed by atoms with Gasteiger partial charge in [0.2, 0.25) is 0 Å². The van der Waals surface area contributed by atoms with E-state index in [9.17, 15) is 13.2 Å². The Morgan fingerprint density at radius 3 is 2.57 bits per heavy atom. The van der Waals surface area contributed by atoms with Crippen molar-refractivity contribution in [2.45, 2.75) is 18.9 Å². The molecule has 2 nitrogen and oxygen atoms in total. The third kappa shape index (κ3) is 1.99. The van der Waals surface area contributed by atoms with Gasteiger partial charge in [-0.05, 0) is 0 Å². The Balaban J connectivity index is 3.28. The van der Waals surface area contributed by atoms with E-state index in [0.717, 1.165) is 6.20 Å². The third-order valence-electron chi connectivity index (χ3n) is 1.72. The first-order chi connectivity index (χ1) is 6.61. The molecule has 1 aromatic heterocycles. The average Bonchev–Trinajstić information content (AvgIpc) is 2.17. The maximum Gasteiger partial charge on any atom is 0.280 e. The zero-order valence-corrected chi connectivity index (χ0v) is 7.73. The summed E-state index contributed by atoms with van der Waals surface area (Å²) in [5.41, 5.74) is -1.22. The molecule has 0 spiro atoms. The smallest absolute Gasteiger partial charge is 0.280 e. The fraction of sp³-hybridized carbons (Fsp3) is 0.375. The van der Waals surface area contributed by atoms with Crippen molar-refractivity contribution in [2.24, 2.45) is 0 Å². The van der Waals surface area contributed by atoms with Crippen LogP contribution < -0.4 is 0 Å². The van der Waals surface area contributed by atoms with E-state index in [-0.39, 0.29) is 11.4 Å². The monoisotopic (exact) mass is 225 g/mol. The maximum atomic E-state index is 13.3. The molecule has 0 amide bonds. The summed E-state index contributed by atoms with van der Waals surface area (Å²) in [5, 5.41) is 8.71. The van der Waals surface area contributed by atoms with Gasteiger partial charge in [0.15, 0.2) is 0 Å². The average molecular weight is 226 g/mol. The lowest BCUT2D eigenvalue weighted by Crippen LogP contribution is -2.05. The molecule has 0 aromatic carbocycles. The lowest BCUT2D eigenvalue weighted by Gasteiger charge is -2.08. The molecule has 6 heteroatoms. The van der Waals surface area contributed by atoms with E-state index in [1.807, 2.05) is 0 Å². The zero-order chi connectivity index (χ0) is 10.7. The Hall–Kier alpha value is -0.810. The summed E-state index contributed by atoms with van der Waals surface area (Å²) in [6.45, 7) is -0.816. The van der Waals surface area contributed by atoms with Crippen LogP contribution in [0.25, 0.3) is 0 Å². The van der Waals surface area contributed by atoms with Gasteiger partial charge in [0.25, 0.3) is 6.43 Å². The highest BCUT2D eigenvalue weighted by atomic mass is 35.5. The highest BCUT2D eigenvalue weighted by Gasteiger charge is 2.19. The lowest BCUT2D eigenvalue weighted by atomic mass is 10.1. The summed E-state index contributed by atoms with van der Waals surface area (Å²) >= 11 is 5.34. The molecule has 0 aliphatic carbocycles. The Morgan fingerprint density at radius 2 is 2.14 bits per heavy atom. The SMILES string of the molecule is OCc1c(C(F)F)ncc(CCl)c1F. The van der Waals surface area contributed by atoms with Crippen molar-refractivity contribution >= 4 is 11.6 Å². The van der Waals surface area contributed by atoms with Crippen molar-refractivity contribution in [1.29, 1.82) is 0 Å². The fourth-order valence-electron chi connectivity index (χ4n) is 1.02. The Kier molecular flexibility index (Phi) is 3.71. The number of rotatable bonds is 3. The highest BCUT2D eigenvalue weighted by molar-refractivity contribution is 6.17. The van der Waals surface area contributed by atoms with E-state index in [0.29, 0.717) is 0 Å². The van der Waals surface area contributed by atoms with Crippen molar-refractivity contribution in [3.8, 4) is 0 Å². The molecule has 1 aromatic rings. The van der Waals surface area contributed by atoms with Crippen LogP contribution in [0.3, 0.4) is 0 Å². The van der Waals surface area contributed by atoms with Gasteiger partial charge in [0.1, 0.15) is 11.5 Å². The number of aliphatic hydroxyl groups excluding tert-OH is 1. The van der Waals surface area contributed by atoms with Crippen LogP contribution in [-0.4, -0.2) is 10.1 Å². The van der Waals surface area contributed by atoms with E-state index in [4.69, 9.17) is 16.7 Å². The molecule has 0 radical (unpaired) electrons. The number of aliphatic hydroxyl groups is 1. The van der Waals surface area contributed by atoms with Crippen LogP contribution >= 0.6 is 11.6 Å². The molecule has 0 saturated heterocycles. The van der Waals surface area contributed by atoms with Crippen molar-refractivity contribution in [1.82, 2.24) is 4.98 Å². The van der Waals surface area contributed by atoms with Crippen LogP contribution in [0, 0.1) is 5.82 Å². The molecule has 1 rings (SSSR count). The van der Waals surface area contributed by atoms with Gasteiger partial charge in [-0.25, -0.2) is 13.2 Å². The molecule has 1 heterocycles. The summed E-state index contributed by atoms with van der Waals surface area (Å²) in [6.07, 6.45) is -1.96. The van der Waals surface area contributed by atoms with Gasteiger partial charge in [-0.1, -0.05) is 0 Å². The zero-order valence-electron chi connectivity index (χ0n) is 6.98. The fourth-order valence-corrected chi connectivity index (χ4v) is 1.21. The molecule has 0 aliphatic heterocycles. The molecule has 0 saturated carbocycles. The molecule has 0 unspecified atom stereocenters. The lowest BCUT2D eigenvalue weighted by molar-refractivity contribution is 0.140. The summed E-state index contributed by atoms with van der Waals surface area (Å²) in [4.78, 5) is 3.35. The van der Waals surface area contributed by atoms with Crippen LogP contribution in [0.4, 0.5) is 13.2 Å². The number of pyridine rings is 1. The van der Waals surface area contributed by atoms with Crippen LogP contribution in [-0.2, 0) is 12.5 Å². The predicted octanol–water partition coefficient (Wildman–Crippen LogP) is 2.39. The molecule has 0 aliphatic rings. The van der Waals surface area contributed by atoms with E-state index in [1.165, 1.54) is 0 Å². The second-order valence-corrected chi connectivity index (χ2v) is 2.82. The molecule has 14 heavy (non-hydrogen) atoms. The quantitative estimate of drug-likeness (QED) is 0.802. The first kappa shape index (κ1) is 11.3. The minimum absolute atomic E-state index is 0.000108. The highest BCUT2D eigenvalue weighted by Crippen LogP contribution is 2.25. The summed E-state index contributed by atoms with van der Waals surface area (Å²) in [6, 6.07) is 0. The van der Waals surface area contributed by atoms with Crippen LogP contribution in [0.1, 0.15) is 23.2 Å². The van der Waals surface area contributed by atoms with E-state index in [2.05, 4.69) is 4.98 Å². The number of hydrogen-bond donors (Lipinski definition) is 1. The number of hydrogen-bond acceptors (Lipinski definition) is 2. The van der Waals surface area contributed by atoms with Gasteiger partial charge < -0.3 is 5.11 Å². The van der Waals surface area contributed by atoms with E-state index in [1.54, 1.807) is 0 Å². The number of aromatic nitrogens is 1. The van der Waals surface area contributed by atoms with Gasteiger partial charge in [-0.3, -0.25) is 4.98 Å². The second kappa shape index (κ2) is 4.61. The molecule has 0 fully saturated rings. The maximum absolute atomic E-state index is 13.3. The first-order valence-electron chi connectivity index (χ1n) is 3.73. The molecule has 0 bridgehead atoms. The second-order valence-electron chi connectivity index (χ2n) is 2.55. The van der Waals surface area contributed by atoms with Crippen molar-refractivity contribution in [3.05, 3.63) is 28.8 Å². The molecule has 0 atom stereocenters. The van der Waals surface area contributed by atoms with Gasteiger partial charge >= 0.3 is 0 Å². The normalized spacial score (nSPS) is 11.0. The van der Waals surface area contributed by atoms with Crippen molar-refractivity contribution in [2.75, 3.05) is 0 Å². The van der Waals surface area contributed by atoms with Crippen molar-refractivity contribution < 1.29 is 18.3 Å². The molecule has 1 N–H and O–H groups in total. The number of alkyl halides is 3. The summed E-state index contributed by atoms with van der Waals surface area (Å²) < 4.78 is 37.8. The van der Waals surface area contributed by atoms with Crippen LogP contribution in [0.5, 0.6) is 0 Å². The molecule has 78 valence electrons. The standard InChI is InChI=1S/C8H7ClF3NO/c9-1-4-2-13-7(8(11)12)5(3-14)6(4)10/h2,8,14H,1,3H2. The van der Waals surface area contributed by atoms with Crippen molar-refractivity contribution in [3.63, 3.8) is 0 Å². The Bertz CT molecular complexity index is 333. The molecular formula is C8H7ClF3NO. The summed E-state index contributed by atoms with van der Waals surface area (Å²) in [7, 11) is 0. The largest absolute Gasteiger partial charge is 0.391 e. The van der Waals surface area contributed by atoms with Gasteiger partial charge in [0.05, 0.1) is 12.5 Å². The molecular weight excluding hydrogens is 219 g/mol. The number of halogens is 4. The minimum atomic E-state index is -2.91. The minimum Gasteiger partial charge on any atom is -0.391 e. The summed E-state index contributed by atoms with van der Waals surface area (Å²) in [5.74, 6) is -1.08. The Labute approximate surface area is 83.3 Å². The first-order valence-corrected chi connectivity index (χ1v) is 4.26. The van der Waals surface area contributed by atoms with Crippen LogP contribution in [0.15, 0.2) is 6.20 Å². The Morgan fingerprint density at radius 1 is 1.50 bits per heavy atom. The van der Waals surface area contributed by atoms with Gasteiger partial charge in [-0.2, -0.15) is 0 Å². The van der Waals surface area contributed by atoms with Crippen LogP contribution in [0.2, 0.25) is 0 Å². The number of nitrogens with zero attached hydrogens (tertiary/aromatic N) is 1.